The number of thiocarbonyl (C=S) groups is 1. The molecule has 3 aromatic rings. The van der Waals surface area contributed by atoms with E-state index in [0.29, 0.717) is 5.11 Å². The number of hydrogen-bond acceptors (Lipinski definition) is 3. The number of aromatic nitrogens is 2. The van der Waals surface area contributed by atoms with Gasteiger partial charge in [0.05, 0.1) is 17.8 Å². The quantitative estimate of drug-likeness (QED) is 0.655. The summed E-state index contributed by atoms with van der Waals surface area (Å²) in [5.41, 5.74) is 2.74. The van der Waals surface area contributed by atoms with E-state index in [1.807, 2.05) is 71.2 Å². The maximum Gasteiger partial charge on any atom is 0.244 e. The SMILES string of the molecule is Cn1ccc([C@@H]2[C@H](c3ccccn3)NC(=S)N2CC(=O)Nc2ccccc2)c1. The number of carbonyl (C=O) groups excluding carboxylic acids is 1. The summed E-state index contributed by atoms with van der Waals surface area (Å²) in [6.45, 7) is 0.156. The van der Waals surface area contributed by atoms with Gasteiger partial charge in [0.1, 0.15) is 6.54 Å². The summed E-state index contributed by atoms with van der Waals surface area (Å²) in [5, 5.41) is 6.83. The van der Waals surface area contributed by atoms with Crippen molar-refractivity contribution in [2.24, 2.45) is 7.05 Å². The lowest BCUT2D eigenvalue weighted by Gasteiger charge is -2.26. The molecule has 6 nitrogen and oxygen atoms in total. The first-order valence-corrected chi connectivity index (χ1v) is 9.47. The fourth-order valence-electron chi connectivity index (χ4n) is 3.52. The second-order valence-corrected chi connectivity index (χ2v) is 7.17. The van der Waals surface area contributed by atoms with Gasteiger partial charge in [-0.2, -0.15) is 0 Å². The Morgan fingerprint density at radius 3 is 2.64 bits per heavy atom. The normalized spacial score (nSPS) is 18.8. The minimum atomic E-state index is -0.124. The van der Waals surface area contributed by atoms with Crippen LogP contribution in [0.5, 0.6) is 0 Å². The molecule has 4 rings (SSSR count). The molecule has 1 aliphatic heterocycles. The summed E-state index contributed by atoms with van der Waals surface area (Å²) in [5.74, 6) is -0.113. The van der Waals surface area contributed by atoms with Gasteiger partial charge in [-0.05, 0) is 48.1 Å². The Hall–Kier alpha value is -3.19. The number of carbonyl (C=O) groups is 1. The number of hydrogen-bond donors (Lipinski definition) is 2. The molecule has 3 heterocycles. The van der Waals surface area contributed by atoms with Crippen molar-refractivity contribution in [2.75, 3.05) is 11.9 Å². The molecule has 2 atom stereocenters. The van der Waals surface area contributed by atoms with Gasteiger partial charge in [-0.1, -0.05) is 24.3 Å². The lowest BCUT2D eigenvalue weighted by atomic mass is 9.99. The third kappa shape index (κ3) is 3.75. The molecule has 0 unspecified atom stereocenters. The van der Waals surface area contributed by atoms with Crippen LogP contribution < -0.4 is 10.6 Å². The van der Waals surface area contributed by atoms with Crippen molar-refractivity contribution >= 4 is 28.9 Å². The van der Waals surface area contributed by atoms with E-state index < -0.39 is 0 Å². The molecule has 1 amide bonds. The second-order valence-electron chi connectivity index (χ2n) is 6.78. The zero-order chi connectivity index (χ0) is 19.5. The minimum Gasteiger partial charge on any atom is -0.357 e. The highest BCUT2D eigenvalue weighted by Crippen LogP contribution is 2.38. The largest absolute Gasteiger partial charge is 0.357 e. The van der Waals surface area contributed by atoms with Crippen LogP contribution in [-0.4, -0.2) is 32.0 Å². The zero-order valence-electron chi connectivity index (χ0n) is 15.4. The molecule has 1 saturated heterocycles. The molecule has 2 N–H and O–H groups in total. The van der Waals surface area contributed by atoms with Crippen LogP contribution in [0.15, 0.2) is 73.2 Å². The van der Waals surface area contributed by atoms with Crippen LogP contribution in [0.2, 0.25) is 0 Å². The summed E-state index contributed by atoms with van der Waals surface area (Å²) in [7, 11) is 1.98. The standard InChI is InChI=1S/C21H21N5OS/c1-25-12-10-15(13-25)20-19(17-9-5-6-11-22-17)24-21(28)26(20)14-18(27)23-16-7-3-2-4-8-16/h2-13,19-20H,14H2,1H3,(H,23,27)(H,24,28)/t19-,20+/m0/s1. The van der Waals surface area contributed by atoms with E-state index in [1.165, 1.54) is 0 Å². The minimum absolute atomic E-state index is 0.113. The third-order valence-electron chi connectivity index (χ3n) is 4.77. The van der Waals surface area contributed by atoms with Crippen molar-refractivity contribution in [1.82, 2.24) is 19.8 Å². The van der Waals surface area contributed by atoms with Gasteiger partial charge >= 0.3 is 0 Å². The fourth-order valence-corrected chi connectivity index (χ4v) is 3.82. The Morgan fingerprint density at radius 1 is 1.18 bits per heavy atom. The molecule has 1 fully saturated rings. The Morgan fingerprint density at radius 2 is 1.96 bits per heavy atom. The summed E-state index contributed by atoms with van der Waals surface area (Å²) in [4.78, 5) is 19.1. The molecule has 28 heavy (non-hydrogen) atoms. The predicted molar refractivity (Wildman–Crippen MR) is 113 cm³/mol. The number of benzene rings is 1. The van der Waals surface area contributed by atoms with Gasteiger partial charge in [0.2, 0.25) is 5.91 Å². The van der Waals surface area contributed by atoms with Gasteiger partial charge in [0.15, 0.2) is 5.11 Å². The molecule has 1 aromatic carbocycles. The van der Waals surface area contributed by atoms with E-state index in [4.69, 9.17) is 12.2 Å². The van der Waals surface area contributed by atoms with Gasteiger partial charge < -0.3 is 20.1 Å². The first-order valence-electron chi connectivity index (χ1n) is 9.06. The van der Waals surface area contributed by atoms with Crippen LogP contribution in [0.1, 0.15) is 23.3 Å². The monoisotopic (exact) mass is 391 g/mol. The molecule has 0 bridgehead atoms. The fraction of sp³-hybridized carbons (Fsp3) is 0.190. The first kappa shape index (κ1) is 18.2. The van der Waals surface area contributed by atoms with Gasteiger partial charge in [0.25, 0.3) is 0 Å². The number of amides is 1. The van der Waals surface area contributed by atoms with E-state index in [-0.39, 0.29) is 24.5 Å². The molecular weight excluding hydrogens is 370 g/mol. The number of rotatable bonds is 5. The molecule has 0 radical (unpaired) electrons. The lowest BCUT2D eigenvalue weighted by molar-refractivity contribution is -0.116. The maximum atomic E-state index is 12.7. The Labute approximate surface area is 169 Å². The third-order valence-corrected chi connectivity index (χ3v) is 5.12. The van der Waals surface area contributed by atoms with Crippen LogP contribution in [-0.2, 0) is 11.8 Å². The van der Waals surface area contributed by atoms with Crippen molar-refractivity contribution in [3.63, 3.8) is 0 Å². The van der Waals surface area contributed by atoms with Crippen molar-refractivity contribution < 1.29 is 4.79 Å². The van der Waals surface area contributed by atoms with Gasteiger partial charge in [0, 0.05) is 31.3 Å². The van der Waals surface area contributed by atoms with E-state index >= 15 is 0 Å². The number of pyridine rings is 1. The predicted octanol–water partition coefficient (Wildman–Crippen LogP) is 3.03. The Bertz CT molecular complexity index is 973. The molecule has 7 heteroatoms. The molecule has 142 valence electrons. The van der Waals surface area contributed by atoms with Crippen molar-refractivity contribution in [3.8, 4) is 0 Å². The van der Waals surface area contributed by atoms with E-state index in [0.717, 1.165) is 16.9 Å². The zero-order valence-corrected chi connectivity index (χ0v) is 16.3. The number of para-hydroxylation sites is 1. The average molecular weight is 392 g/mol. The summed E-state index contributed by atoms with van der Waals surface area (Å²) in [6.07, 6.45) is 5.82. The highest BCUT2D eigenvalue weighted by Gasteiger charge is 2.40. The Balaban J connectivity index is 1.61. The molecule has 1 aliphatic rings. The van der Waals surface area contributed by atoms with Crippen LogP contribution in [0.3, 0.4) is 0 Å². The average Bonchev–Trinajstić information content (AvgIpc) is 3.26. The van der Waals surface area contributed by atoms with Crippen LogP contribution >= 0.6 is 12.2 Å². The molecule has 2 aromatic heterocycles. The number of anilines is 1. The lowest BCUT2D eigenvalue weighted by Crippen LogP contribution is -2.37. The first-order chi connectivity index (χ1) is 13.6. The van der Waals surface area contributed by atoms with E-state index in [2.05, 4.69) is 27.9 Å². The van der Waals surface area contributed by atoms with Gasteiger partial charge in [-0.3, -0.25) is 9.78 Å². The smallest absolute Gasteiger partial charge is 0.244 e. The van der Waals surface area contributed by atoms with Crippen molar-refractivity contribution in [2.45, 2.75) is 12.1 Å². The second kappa shape index (κ2) is 7.82. The topological polar surface area (TPSA) is 62.2 Å². The van der Waals surface area contributed by atoms with E-state index in [9.17, 15) is 4.79 Å². The molecule has 0 saturated carbocycles. The summed E-state index contributed by atoms with van der Waals surface area (Å²) in [6, 6.07) is 17.1. The van der Waals surface area contributed by atoms with Crippen molar-refractivity contribution in [1.29, 1.82) is 0 Å². The van der Waals surface area contributed by atoms with Crippen molar-refractivity contribution in [3.05, 3.63) is 84.4 Å². The number of nitrogens with zero attached hydrogens (tertiary/aromatic N) is 3. The van der Waals surface area contributed by atoms with Gasteiger partial charge in [-0.15, -0.1) is 0 Å². The highest BCUT2D eigenvalue weighted by molar-refractivity contribution is 7.80. The maximum absolute atomic E-state index is 12.7. The number of aryl methyl sites for hydroxylation is 1. The highest BCUT2D eigenvalue weighted by atomic mass is 32.1. The summed E-state index contributed by atoms with van der Waals surface area (Å²) < 4.78 is 1.99. The Kier molecular flexibility index (Phi) is 5.08. The van der Waals surface area contributed by atoms with Crippen LogP contribution in [0.25, 0.3) is 0 Å². The van der Waals surface area contributed by atoms with Gasteiger partial charge in [-0.25, -0.2) is 0 Å². The van der Waals surface area contributed by atoms with Crippen LogP contribution in [0, 0.1) is 0 Å². The summed E-state index contributed by atoms with van der Waals surface area (Å²) >= 11 is 5.58. The van der Waals surface area contributed by atoms with Crippen LogP contribution in [0.4, 0.5) is 5.69 Å². The molecular formula is C21H21N5OS. The molecule has 0 aliphatic carbocycles. The number of nitrogens with one attached hydrogen (secondary N) is 2. The molecule has 0 spiro atoms. The van der Waals surface area contributed by atoms with E-state index in [1.54, 1.807) is 6.20 Å².